The number of benzene rings is 1. The molecule has 1 amide bonds. The van der Waals surface area contributed by atoms with Crippen LogP contribution in [0.5, 0.6) is 0 Å². The maximum absolute atomic E-state index is 13.7. The highest BCUT2D eigenvalue weighted by Gasteiger charge is 2.24. The van der Waals surface area contributed by atoms with Crippen molar-refractivity contribution >= 4 is 46.6 Å². The first kappa shape index (κ1) is 17.2. The standard InChI is InChI=1S/C14H11ClFN3O3S/c1-7-3-8(10(16)4-9(7)15)6-17-19-14-18-13(21)11(23-14)5-12(20)22-2/h3-6H,1-2H3,(H,18,19,21)/b11-5+,17-6?. The Morgan fingerprint density at radius 1 is 1.48 bits per heavy atom. The van der Waals surface area contributed by atoms with E-state index in [9.17, 15) is 14.0 Å². The largest absolute Gasteiger partial charge is 0.466 e. The SMILES string of the molecule is COC(=O)/C=C1/S/C(=N\N=Cc2cc(C)c(Cl)cc2F)NC1=O. The minimum Gasteiger partial charge on any atom is -0.466 e. The number of hydrogen-bond acceptors (Lipinski definition) is 6. The lowest BCUT2D eigenvalue weighted by Crippen LogP contribution is -2.19. The molecule has 1 aliphatic heterocycles. The molecule has 0 aromatic heterocycles. The van der Waals surface area contributed by atoms with E-state index in [1.165, 1.54) is 25.5 Å². The fourth-order valence-electron chi connectivity index (χ4n) is 1.56. The molecule has 1 aromatic rings. The number of carbonyl (C=O) groups excluding carboxylic acids is 2. The van der Waals surface area contributed by atoms with E-state index in [-0.39, 0.29) is 15.6 Å². The Labute approximate surface area is 140 Å². The van der Waals surface area contributed by atoms with Gasteiger partial charge in [-0.15, -0.1) is 5.10 Å². The van der Waals surface area contributed by atoms with Gasteiger partial charge in [0, 0.05) is 16.7 Å². The van der Waals surface area contributed by atoms with Crippen molar-refractivity contribution in [2.45, 2.75) is 6.92 Å². The maximum atomic E-state index is 13.7. The number of ether oxygens (including phenoxy) is 1. The van der Waals surface area contributed by atoms with E-state index >= 15 is 0 Å². The molecule has 0 atom stereocenters. The molecule has 1 aliphatic rings. The second-order valence-electron chi connectivity index (χ2n) is 4.36. The van der Waals surface area contributed by atoms with Crippen molar-refractivity contribution in [3.8, 4) is 0 Å². The summed E-state index contributed by atoms with van der Waals surface area (Å²) in [5.41, 5.74) is 0.921. The van der Waals surface area contributed by atoms with Gasteiger partial charge >= 0.3 is 5.97 Å². The van der Waals surface area contributed by atoms with Crippen LogP contribution in [0.4, 0.5) is 4.39 Å². The van der Waals surface area contributed by atoms with Crippen LogP contribution in [0.2, 0.25) is 5.02 Å². The molecule has 0 bridgehead atoms. The highest BCUT2D eigenvalue weighted by atomic mass is 35.5. The third kappa shape index (κ3) is 4.40. The number of hydrogen-bond donors (Lipinski definition) is 1. The molecular weight excluding hydrogens is 345 g/mol. The zero-order chi connectivity index (χ0) is 17.0. The Kier molecular flexibility index (Phi) is 5.51. The van der Waals surface area contributed by atoms with Crippen LogP contribution in [0, 0.1) is 12.7 Å². The van der Waals surface area contributed by atoms with E-state index in [1.54, 1.807) is 6.92 Å². The van der Waals surface area contributed by atoms with Crippen LogP contribution in [0.15, 0.2) is 33.3 Å². The van der Waals surface area contributed by atoms with Crippen molar-refractivity contribution in [1.29, 1.82) is 0 Å². The van der Waals surface area contributed by atoms with Gasteiger partial charge in [-0.1, -0.05) is 11.6 Å². The number of amides is 1. The molecule has 1 fully saturated rings. The summed E-state index contributed by atoms with van der Waals surface area (Å²) in [5.74, 6) is -1.66. The van der Waals surface area contributed by atoms with Crippen molar-refractivity contribution in [1.82, 2.24) is 5.32 Å². The molecule has 1 N–H and O–H groups in total. The van der Waals surface area contributed by atoms with E-state index in [2.05, 4.69) is 20.3 Å². The van der Waals surface area contributed by atoms with Crippen LogP contribution >= 0.6 is 23.4 Å². The molecular formula is C14H11ClFN3O3S. The first-order valence-corrected chi connectivity index (χ1v) is 7.45. The van der Waals surface area contributed by atoms with Crippen molar-refractivity contribution in [3.63, 3.8) is 0 Å². The molecule has 0 saturated carbocycles. The lowest BCUT2D eigenvalue weighted by atomic mass is 10.1. The van der Waals surface area contributed by atoms with Gasteiger partial charge in [-0.25, -0.2) is 9.18 Å². The third-order valence-corrected chi connectivity index (χ3v) is 4.03. The van der Waals surface area contributed by atoms with Gasteiger partial charge in [-0.2, -0.15) is 5.10 Å². The molecule has 1 heterocycles. The number of halogens is 2. The van der Waals surface area contributed by atoms with Crippen molar-refractivity contribution in [2.24, 2.45) is 10.2 Å². The summed E-state index contributed by atoms with van der Waals surface area (Å²) in [7, 11) is 1.21. The third-order valence-electron chi connectivity index (χ3n) is 2.72. The lowest BCUT2D eigenvalue weighted by molar-refractivity contribution is -0.135. The van der Waals surface area contributed by atoms with Gasteiger partial charge in [-0.3, -0.25) is 10.1 Å². The minimum atomic E-state index is -0.647. The minimum absolute atomic E-state index is 0.138. The summed E-state index contributed by atoms with van der Waals surface area (Å²) < 4.78 is 18.1. The highest BCUT2D eigenvalue weighted by molar-refractivity contribution is 8.18. The fourth-order valence-corrected chi connectivity index (χ4v) is 2.45. The summed E-state index contributed by atoms with van der Waals surface area (Å²) in [6.45, 7) is 1.74. The highest BCUT2D eigenvalue weighted by Crippen LogP contribution is 2.23. The predicted octanol–water partition coefficient (Wildman–Crippen LogP) is 2.40. The van der Waals surface area contributed by atoms with Gasteiger partial charge in [-0.05, 0) is 36.4 Å². The van der Waals surface area contributed by atoms with Crippen molar-refractivity contribution in [2.75, 3.05) is 7.11 Å². The summed E-state index contributed by atoms with van der Waals surface area (Å²) in [6, 6.07) is 2.72. The normalized spacial score (nSPS) is 18.0. The Hall–Kier alpha value is -2.19. The van der Waals surface area contributed by atoms with E-state index in [1.807, 2.05) is 0 Å². The van der Waals surface area contributed by atoms with Crippen LogP contribution < -0.4 is 5.32 Å². The Balaban J connectivity index is 2.13. The van der Waals surface area contributed by atoms with E-state index in [0.717, 1.165) is 17.8 Å². The van der Waals surface area contributed by atoms with Crippen LogP contribution in [0.25, 0.3) is 0 Å². The van der Waals surface area contributed by atoms with E-state index in [4.69, 9.17) is 11.6 Å². The average Bonchev–Trinajstić information content (AvgIpc) is 2.84. The van der Waals surface area contributed by atoms with E-state index in [0.29, 0.717) is 10.6 Å². The lowest BCUT2D eigenvalue weighted by Gasteiger charge is -2.00. The zero-order valence-electron chi connectivity index (χ0n) is 12.1. The first-order valence-electron chi connectivity index (χ1n) is 6.26. The number of rotatable bonds is 3. The van der Waals surface area contributed by atoms with Crippen LogP contribution in [-0.4, -0.2) is 30.4 Å². The fraction of sp³-hybridized carbons (Fsp3) is 0.143. The quantitative estimate of drug-likeness (QED) is 0.391. The molecule has 2 rings (SSSR count). The smallest absolute Gasteiger partial charge is 0.331 e. The number of amidine groups is 1. The van der Waals surface area contributed by atoms with E-state index < -0.39 is 17.7 Å². The van der Waals surface area contributed by atoms with Gasteiger partial charge in [0.25, 0.3) is 5.91 Å². The number of thioether (sulfide) groups is 1. The second kappa shape index (κ2) is 7.38. The zero-order valence-corrected chi connectivity index (χ0v) is 13.7. The predicted molar refractivity (Wildman–Crippen MR) is 87.0 cm³/mol. The number of aryl methyl sites for hydroxylation is 1. The number of carbonyl (C=O) groups is 2. The molecule has 0 unspecified atom stereocenters. The average molecular weight is 356 g/mol. The molecule has 6 nitrogen and oxygen atoms in total. The Bertz CT molecular complexity index is 762. The number of nitrogens with one attached hydrogen (secondary N) is 1. The first-order chi connectivity index (χ1) is 10.9. The van der Waals surface area contributed by atoms with Crippen LogP contribution in [-0.2, 0) is 14.3 Å². The molecule has 0 spiro atoms. The van der Waals surface area contributed by atoms with Gasteiger partial charge in [0.05, 0.1) is 18.2 Å². The van der Waals surface area contributed by atoms with Gasteiger partial charge < -0.3 is 4.74 Å². The molecule has 120 valence electrons. The summed E-state index contributed by atoms with van der Waals surface area (Å²) in [6.07, 6.45) is 2.26. The van der Waals surface area contributed by atoms with Crippen LogP contribution in [0.1, 0.15) is 11.1 Å². The van der Waals surface area contributed by atoms with Crippen molar-refractivity contribution in [3.05, 3.63) is 45.1 Å². The molecule has 1 saturated heterocycles. The second-order valence-corrected chi connectivity index (χ2v) is 5.80. The molecule has 1 aromatic carbocycles. The molecule has 0 radical (unpaired) electrons. The summed E-state index contributed by atoms with van der Waals surface area (Å²) in [4.78, 5) is 22.8. The van der Waals surface area contributed by atoms with Crippen LogP contribution in [0.3, 0.4) is 0 Å². The van der Waals surface area contributed by atoms with Gasteiger partial charge in [0.1, 0.15) is 5.82 Å². The summed E-state index contributed by atoms with van der Waals surface area (Å²) >= 11 is 6.73. The Morgan fingerprint density at radius 2 is 2.22 bits per heavy atom. The number of nitrogens with zero attached hydrogens (tertiary/aromatic N) is 2. The molecule has 9 heteroatoms. The Morgan fingerprint density at radius 3 is 2.91 bits per heavy atom. The van der Waals surface area contributed by atoms with Gasteiger partial charge in [0.2, 0.25) is 0 Å². The topological polar surface area (TPSA) is 80.1 Å². The molecule has 0 aliphatic carbocycles. The monoisotopic (exact) mass is 355 g/mol. The molecule has 23 heavy (non-hydrogen) atoms. The number of methoxy groups -OCH3 is 1. The maximum Gasteiger partial charge on any atom is 0.331 e. The summed E-state index contributed by atoms with van der Waals surface area (Å²) in [5, 5.41) is 10.4. The van der Waals surface area contributed by atoms with Gasteiger partial charge in [0.15, 0.2) is 5.17 Å². The van der Waals surface area contributed by atoms with Crippen molar-refractivity contribution < 1.29 is 18.7 Å². The number of esters is 1.